The van der Waals surface area contributed by atoms with E-state index >= 15 is 0 Å². The highest BCUT2D eigenvalue weighted by molar-refractivity contribution is 5.85. The molecule has 0 bridgehead atoms. The van der Waals surface area contributed by atoms with Crippen LogP contribution < -0.4 is 5.32 Å². The maximum absolute atomic E-state index is 4.54. The van der Waals surface area contributed by atoms with E-state index in [2.05, 4.69) is 55.5 Å². The molecule has 124 valence electrons. The van der Waals surface area contributed by atoms with Crippen molar-refractivity contribution in [3.63, 3.8) is 0 Å². The molecule has 0 aliphatic rings. The topological polar surface area (TPSA) is 47.7 Å². The lowest BCUT2D eigenvalue weighted by molar-refractivity contribution is 0.596. The Morgan fingerprint density at radius 3 is 2.55 bits per heavy atom. The van der Waals surface area contributed by atoms with Gasteiger partial charge in [0.05, 0.1) is 17.1 Å². The predicted molar refractivity (Wildman–Crippen MR) is 92.3 cm³/mol. The van der Waals surface area contributed by atoms with Gasteiger partial charge in [-0.1, -0.05) is 20.8 Å². The standard InChI is InChI=1S/C16H27N5.ClH/c1-6-7-21-11-14(13(4)18-21)9-17-10-15-8-16(12(2)3)19-20(15)5;/h8,11-12,17H,6-7,9-10H2,1-5H3;1H. The number of nitrogens with zero attached hydrogens (tertiary/aromatic N) is 4. The Morgan fingerprint density at radius 1 is 1.23 bits per heavy atom. The van der Waals surface area contributed by atoms with Crippen LogP contribution in [-0.2, 0) is 26.7 Å². The minimum absolute atomic E-state index is 0. The Labute approximate surface area is 139 Å². The summed E-state index contributed by atoms with van der Waals surface area (Å²) in [6, 6.07) is 2.19. The van der Waals surface area contributed by atoms with E-state index in [4.69, 9.17) is 0 Å². The first-order valence-electron chi connectivity index (χ1n) is 7.77. The Morgan fingerprint density at radius 2 is 1.95 bits per heavy atom. The third-order valence-corrected chi connectivity index (χ3v) is 3.71. The van der Waals surface area contributed by atoms with E-state index in [1.807, 2.05) is 16.4 Å². The summed E-state index contributed by atoms with van der Waals surface area (Å²) in [5.41, 5.74) is 4.76. The fourth-order valence-corrected chi connectivity index (χ4v) is 2.38. The average molecular weight is 326 g/mol. The molecule has 2 rings (SSSR count). The van der Waals surface area contributed by atoms with Gasteiger partial charge in [-0.05, 0) is 25.3 Å². The van der Waals surface area contributed by atoms with Crippen LogP contribution in [0, 0.1) is 6.92 Å². The Bertz CT molecular complexity index is 585. The van der Waals surface area contributed by atoms with Crippen LogP contribution >= 0.6 is 12.4 Å². The third-order valence-electron chi connectivity index (χ3n) is 3.71. The Balaban J connectivity index is 0.00000242. The van der Waals surface area contributed by atoms with E-state index in [9.17, 15) is 0 Å². The molecule has 0 aliphatic carbocycles. The number of halogens is 1. The zero-order chi connectivity index (χ0) is 15.4. The summed E-state index contributed by atoms with van der Waals surface area (Å²) in [5.74, 6) is 0.472. The molecule has 0 atom stereocenters. The molecule has 6 heteroatoms. The largest absolute Gasteiger partial charge is 0.307 e. The summed E-state index contributed by atoms with van der Waals surface area (Å²) >= 11 is 0. The fourth-order valence-electron chi connectivity index (χ4n) is 2.38. The van der Waals surface area contributed by atoms with Crippen LogP contribution in [0.1, 0.15) is 55.8 Å². The number of rotatable bonds is 7. The first-order valence-corrected chi connectivity index (χ1v) is 7.77. The van der Waals surface area contributed by atoms with Gasteiger partial charge in [0.15, 0.2) is 0 Å². The van der Waals surface area contributed by atoms with Crippen LogP contribution in [0.15, 0.2) is 12.3 Å². The Kier molecular flexibility index (Phi) is 7.10. The van der Waals surface area contributed by atoms with Crippen molar-refractivity contribution < 1.29 is 0 Å². The van der Waals surface area contributed by atoms with E-state index < -0.39 is 0 Å². The summed E-state index contributed by atoms with van der Waals surface area (Å²) in [6.07, 6.45) is 3.26. The second-order valence-electron chi connectivity index (χ2n) is 5.95. The lowest BCUT2D eigenvalue weighted by atomic mass is 10.1. The van der Waals surface area contributed by atoms with Crippen LogP contribution in [-0.4, -0.2) is 19.6 Å². The minimum atomic E-state index is 0. The summed E-state index contributed by atoms with van der Waals surface area (Å²) in [5, 5.41) is 12.6. The van der Waals surface area contributed by atoms with Gasteiger partial charge >= 0.3 is 0 Å². The number of nitrogens with one attached hydrogen (secondary N) is 1. The molecule has 0 radical (unpaired) electrons. The predicted octanol–water partition coefficient (Wildman–Crippen LogP) is 3.17. The second kappa shape index (κ2) is 8.34. The van der Waals surface area contributed by atoms with Gasteiger partial charge in [0.1, 0.15) is 0 Å². The van der Waals surface area contributed by atoms with Crippen molar-refractivity contribution in [3.8, 4) is 0 Å². The molecule has 0 saturated heterocycles. The zero-order valence-corrected chi connectivity index (χ0v) is 15.1. The lowest BCUT2D eigenvalue weighted by Gasteiger charge is -2.04. The molecule has 5 nitrogen and oxygen atoms in total. The summed E-state index contributed by atoms with van der Waals surface area (Å²) in [7, 11) is 2.01. The van der Waals surface area contributed by atoms with Gasteiger partial charge in [-0.3, -0.25) is 9.36 Å². The Hall–Kier alpha value is -1.33. The van der Waals surface area contributed by atoms with E-state index in [0.29, 0.717) is 5.92 Å². The smallest absolute Gasteiger partial charge is 0.0653 e. The van der Waals surface area contributed by atoms with Crippen LogP contribution in [0.5, 0.6) is 0 Å². The maximum atomic E-state index is 4.54. The van der Waals surface area contributed by atoms with Crippen LogP contribution in [0.2, 0.25) is 0 Å². The SMILES string of the molecule is CCCn1cc(CNCc2cc(C(C)C)nn2C)c(C)n1.Cl. The molecule has 2 heterocycles. The van der Waals surface area contributed by atoms with Gasteiger partial charge in [0.25, 0.3) is 0 Å². The summed E-state index contributed by atoms with van der Waals surface area (Å²) in [6.45, 7) is 11.2. The molecule has 22 heavy (non-hydrogen) atoms. The molecule has 0 saturated carbocycles. The molecule has 0 spiro atoms. The van der Waals surface area contributed by atoms with Crippen molar-refractivity contribution in [2.45, 2.75) is 59.7 Å². The maximum Gasteiger partial charge on any atom is 0.0653 e. The highest BCUT2D eigenvalue weighted by Gasteiger charge is 2.09. The van der Waals surface area contributed by atoms with Crippen LogP contribution in [0.3, 0.4) is 0 Å². The third kappa shape index (κ3) is 4.58. The fraction of sp³-hybridized carbons (Fsp3) is 0.625. The molecule has 0 aliphatic heterocycles. The number of hydrogen-bond donors (Lipinski definition) is 1. The monoisotopic (exact) mass is 325 g/mol. The van der Waals surface area contributed by atoms with Gasteiger partial charge < -0.3 is 5.32 Å². The quantitative estimate of drug-likeness (QED) is 0.850. The average Bonchev–Trinajstić information content (AvgIpc) is 2.95. The molecular weight excluding hydrogens is 298 g/mol. The van der Waals surface area contributed by atoms with Crippen molar-refractivity contribution in [1.82, 2.24) is 24.9 Å². The summed E-state index contributed by atoms with van der Waals surface area (Å²) in [4.78, 5) is 0. The molecule has 0 aromatic carbocycles. The van der Waals surface area contributed by atoms with Gasteiger partial charge in [-0.2, -0.15) is 10.2 Å². The zero-order valence-electron chi connectivity index (χ0n) is 14.3. The van der Waals surface area contributed by atoms with Gasteiger partial charge in [0, 0.05) is 38.4 Å². The molecule has 2 aromatic heterocycles. The van der Waals surface area contributed by atoms with E-state index in [0.717, 1.165) is 37.4 Å². The molecular formula is C16H28ClN5. The van der Waals surface area contributed by atoms with Crippen molar-refractivity contribution in [2.75, 3.05) is 0 Å². The molecule has 1 N–H and O–H groups in total. The van der Waals surface area contributed by atoms with E-state index in [1.165, 1.54) is 11.3 Å². The molecule has 2 aromatic rings. The van der Waals surface area contributed by atoms with E-state index in [1.54, 1.807) is 0 Å². The molecule has 0 amide bonds. The normalized spacial score (nSPS) is 11.0. The summed E-state index contributed by atoms with van der Waals surface area (Å²) < 4.78 is 4.00. The van der Waals surface area contributed by atoms with Crippen molar-refractivity contribution in [3.05, 3.63) is 34.9 Å². The molecule has 0 unspecified atom stereocenters. The second-order valence-corrected chi connectivity index (χ2v) is 5.95. The van der Waals surface area contributed by atoms with Crippen molar-refractivity contribution >= 4 is 12.4 Å². The van der Waals surface area contributed by atoms with Crippen molar-refractivity contribution in [2.24, 2.45) is 7.05 Å². The van der Waals surface area contributed by atoms with Gasteiger partial charge in [-0.15, -0.1) is 12.4 Å². The number of aromatic nitrogens is 4. The van der Waals surface area contributed by atoms with Crippen LogP contribution in [0.25, 0.3) is 0 Å². The van der Waals surface area contributed by atoms with Crippen molar-refractivity contribution in [1.29, 1.82) is 0 Å². The first kappa shape index (κ1) is 18.7. The lowest BCUT2D eigenvalue weighted by Crippen LogP contribution is -2.15. The molecule has 0 fully saturated rings. The van der Waals surface area contributed by atoms with Gasteiger partial charge in [-0.25, -0.2) is 0 Å². The number of aryl methyl sites for hydroxylation is 3. The van der Waals surface area contributed by atoms with Crippen LogP contribution in [0.4, 0.5) is 0 Å². The van der Waals surface area contributed by atoms with Gasteiger partial charge in [0.2, 0.25) is 0 Å². The highest BCUT2D eigenvalue weighted by atomic mass is 35.5. The van der Waals surface area contributed by atoms with E-state index in [-0.39, 0.29) is 12.4 Å². The first-order chi connectivity index (χ1) is 10.0. The highest BCUT2D eigenvalue weighted by Crippen LogP contribution is 2.14. The minimum Gasteiger partial charge on any atom is -0.307 e. The number of hydrogen-bond acceptors (Lipinski definition) is 3.